The predicted octanol–water partition coefficient (Wildman–Crippen LogP) is 1.23. The average Bonchev–Trinajstić information content (AvgIpc) is 2.43. The lowest BCUT2D eigenvalue weighted by atomic mass is 10.1. The molecule has 1 aromatic carbocycles. The molecule has 0 unspecified atom stereocenters. The summed E-state index contributed by atoms with van der Waals surface area (Å²) in [5, 5.41) is 2.74. The standard InChI is InChI=1S/C14H19N3O3/c1-20-12-8-10(15)5-6-11(12)16-13(18)9-17-7-3-2-4-14(17)19/h5-6,8H,2-4,7,9,15H2,1H3,(H,16,18). The molecule has 0 spiro atoms. The summed E-state index contributed by atoms with van der Waals surface area (Å²) in [4.78, 5) is 25.2. The minimum absolute atomic E-state index is 0.0377. The number of nitrogens with zero attached hydrogens (tertiary/aromatic N) is 1. The third kappa shape index (κ3) is 3.40. The number of anilines is 2. The lowest BCUT2D eigenvalue weighted by Crippen LogP contribution is -2.40. The Morgan fingerprint density at radius 1 is 1.45 bits per heavy atom. The smallest absolute Gasteiger partial charge is 0.244 e. The highest BCUT2D eigenvalue weighted by Crippen LogP contribution is 2.26. The number of likely N-dealkylation sites (tertiary alicyclic amines) is 1. The monoisotopic (exact) mass is 277 g/mol. The quantitative estimate of drug-likeness (QED) is 0.811. The first-order chi connectivity index (χ1) is 9.60. The summed E-state index contributed by atoms with van der Waals surface area (Å²) >= 11 is 0. The molecule has 108 valence electrons. The topological polar surface area (TPSA) is 84.7 Å². The second-order valence-electron chi connectivity index (χ2n) is 4.78. The van der Waals surface area contributed by atoms with Crippen LogP contribution in [0.5, 0.6) is 5.75 Å². The van der Waals surface area contributed by atoms with Gasteiger partial charge >= 0.3 is 0 Å². The number of piperidine rings is 1. The van der Waals surface area contributed by atoms with Crippen LogP contribution in [0, 0.1) is 0 Å². The summed E-state index contributed by atoms with van der Waals surface area (Å²) in [7, 11) is 1.51. The van der Waals surface area contributed by atoms with E-state index in [1.54, 1.807) is 23.1 Å². The molecule has 0 saturated carbocycles. The first-order valence-corrected chi connectivity index (χ1v) is 6.61. The van der Waals surface area contributed by atoms with E-state index in [9.17, 15) is 9.59 Å². The largest absolute Gasteiger partial charge is 0.494 e. The van der Waals surface area contributed by atoms with Crippen LogP contribution < -0.4 is 15.8 Å². The third-order valence-electron chi connectivity index (χ3n) is 3.26. The van der Waals surface area contributed by atoms with E-state index in [4.69, 9.17) is 10.5 Å². The zero-order valence-electron chi connectivity index (χ0n) is 11.5. The van der Waals surface area contributed by atoms with Crippen LogP contribution in [-0.4, -0.2) is 36.9 Å². The summed E-state index contributed by atoms with van der Waals surface area (Å²) in [5.74, 6) is 0.308. The van der Waals surface area contributed by atoms with Crippen molar-refractivity contribution in [3.63, 3.8) is 0 Å². The Bertz CT molecular complexity index is 516. The van der Waals surface area contributed by atoms with Crippen LogP contribution in [0.1, 0.15) is 19.3 Å². The van der Waals surface area contributed by atoms with Crippen molar-refractivity contribution >= 4 is 23.2 Å². The molecular formula is C14H19N3O3. The van der Waals surface area contributed by atoms with Crippen molar-refractivity contribution in [3.8, 4) is 5.75 Å². The first kappa shape index (κ1) is 14.2. The number of nitrogen functional groups attached to an aromatic ring is 1. The second kappa shape index (κ2) is 6.27. The van der Waals surface area contributed by atoms with E-state index >= 15 is 0 Å². The fraction of sp³-hybridized carbons (Fsp3) is 0.429. The van der Waals surface area contributed by atoms with Gasteiger partial charge in [0.05, 0.1) is 19.3 Å². The summed E-state index contributed by atoms with van der Waals surface area (Å²) in [5.41, 5.74) is 6.77. The van der Waals surface area contributed by atoms with Gasteiger partial charge in [0, 0.05) is 24.7 Å². The van der Waals surface area contributed by atoms with Crippen molar-refractivity contribution in [2.45, 2.75) is 19.3 Å². The van der Waals surface area contributed by atoms with E-state index in [0.717, 1.165) is 12.8 Å². The van der Waals surface area contributed by atoms with Crippen molar-refractivity contribution in [3.05, 3.63) is 18.2 Å². The molecule has 0 aliphatic carbocycles. The number of carbonyl (C=O) groups excluding carboxylic acids is 2. The molecule has 2 rings (SSSR count). The third-order valence-corrected chi connectivity index (χ3v) is 3.26. The number of hydrogen-bond acceptors (Lipinski definition) is 4. The van der Waals surface area contributed by atoms with Crippen molar-refractivity contribution < 1.29 is 14.3 Å². The van der Waals surface area contributed by atoms with Gasteiger partial charge < -0.3 is 20.7 Å². The van der Waals surface area contributed by atoms with Gasteiger partial charge in [-0.1, -0.05) is 0 Å². The SMILES string of the molecule is COc1cc(N)ccc1NC(=O)CN1CCCCC1=O. The second-order valence-corrected chi connectivity index (χ2v) is 4.78. The van der Waals surface area contributed by atoms with Gasteiger partial charge in [-0.05, 0) is 25.0 Å². The number of methoxy groups -OCH3 is 1. The minimum Gasteiger partial charge on any atom is -0.494 e. The molecule has 2 amide bonds. The summed E-state index contributed by atoms with van der Waals surface area (Å²) in [6, 6.07) is 5.01. The molecule has 0 aromatic heterocycles. The van der Waals surface area contributed by atoms with Gasteiger partial charge in [0.15, 0.2) is 0 Å². The summed E-state index contributed by atoms with van der Waals surface area (Å²) < 4.78 is 5.16. The molecule has 0 bridgehead atoms. The highest BCUT2D eigenvalue weighted by molar-refractivity contribution is 5.96. The summed E-state index contributed by atoms with van der Waals surface area (Å²) in [6.45, 7) is 0.720. The molecule has 1 heterocycles. The minimum atomic E-state index is -0.233. The molecule has 1 aliphatic rings. The Kier molecular flexibility index (Phi) is 4.45. The van der Waals surface area contributed by atoms with Crippen LogP contribution >= 0.6 is 0 Å². The number of rotatable bonds is 4. The molecular weight excluding hydrogens is 258 g/mol. The normalized spacial score (nSPS) is 15.1. The molecule has 6 heteroatoms. The van der Waals surface area contributed by atoms with E-state index in [1.807, 2.05) is 0 Å². The molecule has 3 N–H and O–H groups in total. The van der Waals surface area contributed by atoms with E-state index in [-0.39, 0.29) is 18.4 Å². The molecule has 1 saturated heterocycles. The molecule has 1 aromatic rings. The fourth-order valence-electron chi connectivity index (χ4n) is 2.20. The Morgan fingerprint density at radius 3 is 2.95 bits per heavy atom. The van der Waals surface area contributed by atoms with Gasteiger partial charge in [-0.25, -0.2) is 0 Å². The maximum atomic E-state index is 12.0. The first-order valence-electron chi connectivity index (χ1n) is 6.61. The Balaban J connectivity index is 1.99. The van der Waals surface area contributed by atoms with Gasteiger partial charge in [0.25, 0.3) is 0 Å². The van der Waals surface area contributed by atoms with E-state index < -0.39 is 0 Å². The van der Waals surface area contributed by atoms with Crippen LogP contribution in [-0.2, 0) is 9.59 Å². The van der Waals surface area contributed by atoms with Gasteiger partial charge in [-0.3, -0.25) is 9.59 Å². The molecule has 6 nitrogen and oxygen atoms in total. The van der Waals surface area contributed by atoms with Crippen LogP contribution in [0.25, 0.3) is 0 Å². The zero-order chi connectivity index (χ0) is 14.5. The lowest BCUT2D eigenvalue weighted by molar-refractivity contribution is -0.136. The fourth-order valence-corrected chi connectivity index (χ4v) is 2.20. The van der Waals surface area contributed by atoms with E-state index in [2.05, 4.69) is 5.32 Å². The maximum absolute atomic E-state index is 12.0. The predicted molar refractivity (Wildman–Crippen MR) is 76.5 cm³/mol. The highest BCUT2D eigenvalue weighted by atomic mass is 16.5. The number of benzene rings is 1. The number of hydrogen-bond donors (Lipinski definition) is 2. The summed E-state index contributed by atoms with van der Waals surface area (Å²) in [6.07, 6.45) is 2.38. The number of amides is 2. The van der Waals surface area contributed by atoms with Gasteiger partial charge in [-0.15, -0.1) is 0 Å². The van der Waals surface area contributed by atoms with E-state index in [0.29, 0.717) is 30.1 Å². The number of ether oxygens (including phenoxy) is 1. The van der Waals surface area contributed by atoms with Crippen molar-refractivity contribution in [2.75, 3.05) is 31.2 Å². The average molecular weight is 277 g/mol. The Morgan fingerprint density at radius 2 is 2.25 bits per heavy atom. The number of carbonyl (C=O) groups is 2. The van der Waals surface area contributed by atoms with Gasteiger partial charge in [0.2, 0.25) is 11.8 Å². The molecule has 0 radical (unpaired) electrons. The van der Waals surface area contributed by atoms with Crippen LogP contribution in [0.15, 0.2) is 18.2 Å². The van der Waals surface area contributed by atoms with Crippen LogP contribution in [0.3, 0.4) is 0 Å². The lowest BCUT2D eigenvalue weighted by Gasteiger charge is -2.26. The van der Waals surface area contributed by atoms with Crippen LogP contribution in [0.4, 0.5) is 11.4 Å². The zero-order valence-corrected chi connectivity index (χ0v) is 11.5. The van der Waals surface area contributed by atoms with Gasteiger partial charge in [-0.2, -0.15) is 0 Å². The number of nitrogens with two attached hydrogens (primary N) is 1. The highest BCUT2D eigenvalue weighted by Gasteiger charge is 2.20. The molecule has 1 fully saturated rings. The van der Waals surface area contributed by atoms with Crippen molar-refractivity contribution in [1.29, 1.82) is 0 Å². The maximum Gasteiger partial charge on any atom is 0.244 e. The van der Waals surface area contributed by atoms with Gasteiger partial charge in [0.1, 0.15) is 5.75 Å². The number of nitrogens with one attached hydrogen (secondary N) is 1. The molecule has 0 atom stereocenters. The Hall–Kier alpha value is -2.24. The molecule has 20 heavy (non-hydrogen) atoms. The van der Waals surface area contributed by atoms with Crippen molar-refractivity contribution in [2.24, 2.45) is 0 Å². The molecule has 1 aliphatic heterocycles. The van der Waals surface area contributed by atoms with Crippen LogP contribution in [0.2, 0.25) is 0 Å². The van der Waals surface area contributed by atoms with E-state index in [1.165, 1.54) is 7.11 Å². The van der Waals surface area contributed by atoms with Crippen molar-refractivity contribution in [1.82, 2.24) is 4.90 Å². The Labute approximate surface area is 117 Å².